The van der Waals surface area contributed by atoms with Crippen molar-refractivity contribution in [3.05, 3.63) is 46.2 Å². The number of nitrogens with one attached hydrogen (secondary N) is 1. The van der Waals surface area contributed by atoms with E-state index in [2.05, 4.69) is 5.32 Å². The van der Waals surface area contributed by atoms with Crippen LogP contribution in [0.25, 0.3) is 0 Å². The number of hydrogen-bond acceptors (Lipinski definition) is 5. The molecular weight excluding hydrogens is 410 g/mol. The molecule has 1 saturated heterocycles. The third-order valence-corrected chi connectivity index (χ3v) is 6.19. The highest BCUT2D eigenvalue weighted by atomic mass is 32.1. The van der Waals surface area contributed by atoms with Crippen LogP contribution in [0.4, 0.5) is 11.4 Å². The number of carbonyl (C=O) groups excluding carboxylic acids is 2. The van der Waals surface area contributed by atoms with Gasteiger partial charge in [0, 0.05) is 50.6 Å². The maximum Gasteiger partial charge on any atom is 0.264 e. The highest BCUT2D eigenvalue weighted by molar-refractivity contribution is 7.12. The van der Waals surface area contributed by atoms with Crippen molar-refractivity contribution in [2.24, 2.45) is 5.41 Å². The highest BCUT2D eigenvalue weighted by Gasteiger charge is 2.26. The molecule has 0 bridgehead atoms. The zero-order valence-corrected chi connectivity index (χ0v) is 19.9. The molecule has 1 aliphatic rings. The van der Waals surface area contributed by atoms with Crippen molar-refractivity contribution >= 4 is 34.5 Å². The predicted octanol–water partition coefficient (Wildman–Crippen LogP) is 4.62. The second kappa shape index (κ2) is 9.83. The first kappa shape index (κ1) is 23.3. The molecule has 0 radical (unpaired) electrons. The lowest BCUT2D eigenvalue weighted by molar-refractivity contribution is -0.123. The summed E-state index contributed by atoms with van der Waals surface area (Å²) < 4.78 is 5.82. The number of benzene rings is 1. The molecule has 1 N–H and O–H groups in total. The van der Waals surface area contributed by atoms with Crippen LogP contribution in [0, 0.1) is 5.41 Å². The molecule has 1 aliphatic heterocycles. The molecule has 2 aromatic rings. The van der Waals surface area contributed by atoms with E-state index in [0.717, 1.165) is 41.3 Å². The number of ether oxygens (including phenoxy) is 1. The molecule has 2 amide bonds. The molecule has 1 atom stereocenters. The molecule has 3 rings (SSSR count). The van der Waals surface area contributed by atoms with Gasteiger partial charge in [-0.1, -0.05) is 26.8 Å². The molecular formula is C24H33N3O3S. The standard InChI is InChI=1S/C24H33N3O3S/c1-24(2,3)23(29)25-18-10-11-20(26(4)5)17(14-18)15-27(16-19-8-6-12-30-19)22(28)21-9-7-13-31-21/h7,9-11,13-14,19H,6,8,12,15-16H2,1-5H3,(H,25,29)/t19-/m1/s1. The van der Waals surface area contributed by atoms with Gasteiger partial charge in [0.1, 0.15) is 0 Å². The molecule has 1 aromatic heterocycles. The van der Waals surface area contributed by atoms with E-state index in [9.17, 15) is 9.59 Å². The minimum atomic E-state index is -0.485. The predicted molar refractivity (Wildman–Crippen MR) is 127 cm³/mol. The minimum Gasteiger partial charge on any atom is -0.377 e. The van der Waals surface area contributed by atoms with Gasteiger partial charge in [0.25, 0.3) is 5.91 Å². The number of anilines is 2. The van der Waals surface area contributed by atoms with E-state index in [1.54, 1.807) is 0 Å². The van der Waals surface area contributed by atoms with Crippen LogP contribution in [0.5, 0.6) is 0 Å². The Morgan fingerprint density at radius 2 is 2.00 bits per heavy atom. The number of thiophene rings is 1. The summed E-state index contributed by atoms with van der Waals surface area (Å²) >= 11 is 1.45. The zero-order valence-electron chi connectivity index (χ0n) is 19.1. The third-order valence-electron chi connectivity index (χ3n) is 5.33. The first-order valence-electron chi connectivity index (χ1n) is 10.7. The normalized spacial score (nSPS) is 16.2. The van der Waals surface area contributed by atoms with Gasteiger partial charge in [-0.15, -0.1) is 11.3 Å². The Bertz CT molecular complexity index is 897. The number of amides is 2. The van der Waals surface area contributed by atoms with E-state index in [1.807, 2.05) is 80.4 Å². The molecule has 2 heterocycles. The van der Waals surface area contributed by atoms with Gasteiger partial charge in [-0.25, -0.2) is 0 Å². The van der Waals surface area contributed by atoms with Gasteiger partial charge in [0.05, 0.1) is 11.0 Å². The summed E-state index contributed by atoms with van der Waals surface area (Å²) in [6.45, 7) is 7.43. The van der Waals surface area contributed by atoms with Crippen molar-refractivity contribution in [2.45, 2.75) is 46.3 Å². The van der Waals surface area contributed by atoms with Crippen molar-refractivity contribution < 1.29 is 14.3 Å². The Labute approximate surface area is 189 Å². The molecule has 31 heavy (non-hydrogen) atoms. The van der Waals surface area contributed by atoms with Gasteiger partial charge in [0.2, 0.25) is 5.91 Å². The lowest BCUT2D eigenvalue weighted by atomic mass is 9.95. The molecule has 0 spiro atoms. The fraction of sp³-hybridized carbons (Fsp3) is 0.500. The lowest BCUT2D eigenvalue weighted by Crippen LogP contribution is -2.37. The van der Waals surface area contributed by atoms with Crippen LogP contribution in [0.2, 0.25) is 0 Å². The summed E-state index contributed by atoms with van der Waals surface area (Å²) in [4.78, 5) is 30.4. The average Bonchev–Trinajstić information content (AvgIpc) is 3.40. The van der Waals surface area contributed by atoms with E-state index in [0.29, 0.717) is 13.1 Å². The number of hydrogen-bond donors (Lipinski definition) is 1. The Hall–Kier alpha value is -2.38. The first-order chi connectivity index (χ1) is 14.6. The highest BCUT2D eigenvalue weighted by Crippen LogP contribution is 2.28. The van der Waals surface area contributed by atoms with Crippen molar-refractivity contribution in [3.63, 3.8) is 0 Å². The Kier molecular flexibility index (Phi) is 7.38. The molecule has 0 unspecified atom stereocenters. The summed E-state index contributed by atoms with van der Waals surface area (Å²) in [7, 11) is 3.97. The summed E-state index contributed by atoms with van der Waals surface area (Å²) in [5, 5.41) is 4.93. The van der Waals surface area contributed by atoms with E-state index in [1.165, 1.54) is 11.3 Å². The van der Waals surface area contributed by atoms with Gasteiger partial charge in [-0.3, -0.25) is 9.59 Å². The maximum atomic E-state index is 13.3. The summed E-state index contributed by atoms with van der Waals surface area (Å²) in [5.41, 5.74) is 2.26. The molecule has 168 valence electrons. The minimum absolute atomic E-state index is 0.0133. The van der Waals surface area contributed by atoms with Crippen molar-refractivity contribution in [3.8, 4) is 0 Å². The van der Waals surface area contributed by atoms with Gasteiger partial charge >= 0.3 is 0 Å². The van der Waals surface area contributed by atoms with E-state index < -0.39 is 5.41 Å². The smallest absolute Gasteiger partial charge is 0.264 e. The van der Waals surface area contributed by atoms with E-state index >= 15 is 0 Å². The van der Waals surface area contributed by atoms with Crippen molar-refractivity contribution in [1.29, 1.82) is 0 Å². The topological polar surface area (TPSA) is 61.9 Å². The van der Waals surface area contributed by atoms with Crippen molar-refractivity contribution in [2.75, 3.05) is 37.5 Å². The molecule has 0 saturated carbocycles. The molecule has 6 nitrogen and oxygen atoms in total. The summed E-state index contributed by atoms with van der Waals surface area (Å²) in [5.74, 6) is -0.0266. The largest absolute Gasteiger partial charge is 0.377 e. The lowest BCUT2D eigenvalue weighted by Gasteiger charge is -2.28. The molecule has 7 heteroatoms. The zero-order chi connectivity index (χ0) is 22.6. The fourth-order valence-electron chi connectivity index (χ4n) is 3.56. The van der Waals surface area contributed by atoms with E-state index in [4.69, 9.17) is 4.74 Å². The Balaban J connectivity index is 1.89. The van der Waals surface area contributed by atoms with E-state index in [-0.39, 0.29) is 17.9 Å². The van der Waals surface area contributed by atoms with Crippen LogP contribution in [0.3, 0.4) is 0 Å². The third kappa shape index (κ3) is 6.08. The Morgan fingerprint density at radius 3 is 2.58 bits per heavy atom. The summed E-state index contributed by atoms with van der Waals surface area (Å²) in [6, 6.07) is 9.64. The van der Waals surface area contributed by atoms with Crippen LogP contribution in [-0.4, -0.2) is 50.1 Å². The second-order valence-corrected chi connectivity index (χ2v) is 10.2. The van der Waals surface area contributed by atoms with Crippen LogP contribution in [-0.2, 0) is 16.1 Å². The number of nitrogens with zero attached hydrogens (tertiary/aromatic N) is 2. The molecule has 1 aromatic carbocycles. The van der Waals surface area contributed by atoms with Gasteiger partial charge in [-0.2, -0.15) is 0 Å². The Morgan fingerprint density at radius 1 is 1.23 bits per heavy atom. The monoisotopic (exact) mass is 443 g/mol. The second-order valence-electron chi connectivity index (χ2n) is 9.24. The number of carbonyl (C=O) groups is 2. The van der Waals surface area contributed by atoms with Crippen LogP contribution >= 0.6 is 11.3 Å². The quantitative estimate of drug-likeness (QED) is 0.678. The van der Waals surface area contributed by atoms with Gasteiger partial charge in [-0.05, 0) is 48.1 Å². The fourth-order valence-corrected chi connectivity index (χ4v) is 4.25. The molecule has 1 fully saturated rings. The SMILES string of the molecule is CN(C)c1ccc(NC(=O)C(C)(C)C)cc1CN(C[C@H]1CCCO1)C(=O)c1cccs1. The van der Waals surface area contributed by atoms with Crippen LogP contribution in [0.1, 0.15) is 48.8 Å². The van der Waals surface area contributed by atoms with Crippen LogP contribution < -0.4 is 10.2 Å². The van der Waals surface area contributed by atoms with Gasteiger partial charge in [0.15, 0.2) is 0 Å². The van der Waals surface area contributed by atoms with Crippen molar-refractivity contribution in [1.82, 2.24) is 4.90 Å². The molecule has 0 aliphatic carbocycles. The average molecular weight is 444 g/mol. The van der Waals surface area contributed by atoms with Crippen LogP contribution in [0.15, 0.2) is 35.7 Å². The summed E-state index contributed by atoms with van der Waals surface area (Å²) in [6.07, 6.45) is 2.06. The van der Waals surface area contributed by atoms with Gasteiger partial charge < -0.3 is 19.9 Å². The maximum absolute atomic E-state index is 13.3. The number of rotatable bonds is 7. The first-order valence-corrected chi connectivity index (χ1v) is 11.6.